The Morgan fingerprint density at radius 2 is 1.92 bits per heavy atom. The summed E-state index contributed by atoms with van der Waals surface area (Å²) in [6, 6.07) is 8.07. The summed E-state index contributed by atoms with van der Waals surface area (Å²) in [5, 5.41) is 3.06. The second-order valence-corrected chi connectivity index (χ2v) is 7.53. The summed E-state index contributed by atoms with van der Waals surface area (Å²) in [6.07, 6.45) is 7.52. The van der Waals surface area contributed by atoms with E-state index >= 15 is 0 Å². The van der Waals surface area contributed by atoms with Gasteiger partial charge in [-0.1, -0.05) is 44.4 Å². The number of carbonyl (C=O) groups excluding carboxylic acids is 2. The second-order valence-electron chi connectivity index (χ2n) is 7.53. The van der Waals surface area contributed by atoms with Crippen molar-refractivity contribution in [3.8, 4) is 0 Å². The Hall–Kier alpha value is -1.88. The lowest BCUT2D eigenvalue weighted by molar-refractivity contribution is -0.126. The number of carbonyl (C=O) groups is 2. The third-order valence-corrected chi connectivity index (χ3v) is 5.81. The molecule has 1 aromatic carbocycles. The van der Waals surface area contributed by atoms with Gasteiger partial charge in [0.25, 0.3) is 0 Å². The first-order chi connectivity index (χ1) is 12.6. The van der Waals surface area contributed by atoms with E-state index in [1.165, 1.54) is 32.1 Å². The van der Waals surface area contributed by atoms with Gasteiger partial charge in [0, 0.05) is 37.7 Å². The van der Waals surface area contributed by atoms with E-state index in [1.807, 2.05) is 31.2 Å². The molecule has 0 aromatic heterocycles. The third kappa shape index (κ3) is 4.09. The zero-order chi connectivity index (χ0) is 18.5. The lowest BCUT2D eigenvalue weighted by Crippen LogP contribution is -2.49. The molecule has 1 aliphatic heterocycles. The molecule has 1 N–H and O–H groups in total. The lowest BCUT2D eigenvalue weighted by Gasteiger charge is -2.31. The van der Waals surface area contributed by atoms with Crippen LogP contribution in [-0.2, 0) is 16.0 Å². The zero-order valence-corrected chi connectivity index (χ0v) is 16.0. The van der Waals surface area contributed by atoms with Gasteiger partial charge in [0.2, 0.25) is 11.8 Å². The molecule has 26 heavy (non-hydrogen) atoms. The smallest absolute Gasteiger partial charge is 0.243 e. The predicted molar refractivity (Wildman–Crippen MR) is 104 cm³/mol. The first kappa shape index (κ1) is 18.9. The van der Waals surface area contributed by atoms with Gasteiger partial charge in [-0.05, 0) is 31.5 Å². The van der Waals surface area contributed by atoms with E-state index in [4.69, 9.17) is 0 Å². The topological polar surface area (TPSA) is 52.7 Å². The van der Waals surface area contributed by atoms with Crippen molar-refractivity contribution < 1.29 is 9.59 Å². The van der Waals surface area contributed by atoms with E-state index in [1.54, 1.807) is 4.90 Å². The molecular formula is C21H31N3O2. The summed E-state index contributed by atoms with van der Waals surface area (Å²) < 4.78 is 0. The monoisotopic (exact) mass is 357 g/mol. The van der Waals surface area contributed by atoms with Gasteiger partial charge in [0.15, 0.2) is 0 Å². The van der Waals surface area contributed by atoms with E-state index in [2.05, 4.69) is 17.3 Å². The van der Waals surface area contributed by atoms with Crippen LogP contribution in [-0.4, -0.2) is 48.9 Å². The summed E-state index contributed by atoms with van der Waals surface area (Å²) in [7, 11) is 2.15. The highest BCUT2D eigenvalue weighted by Crippen LogP contribution is 2.32. The largest absolute Gasteiger partial charge is 0.353 e. The van der Waals surface area contributed by atoms with Gasteiger partial charge < -0.3 is 10.2 Å². The average Bonchev–Trinajstić information content (AvgIpc) is 3.07. The molecule has 3 rings (SSSR count). The number of likely N-dealkylation sites (N-methyl/N-ethyl adjacent to an activating group) is 1. The van der Waals surface area contributed by atoms with E-state index in [-0.39, 0.29) is 11.8 Å². The summed E-state index contributed by atoms with van der Waals surface area (Å²) in [5.41, 5.74) is 1.97. The normalized spacial score (nSPS) is 20.3. The summed E-state index contributed by atoms with van der Waals surface area (Å²) >= 11 is 0. The van der Waals surface area contributed by atoms with Crippen LogP contribution in [0.2, 0.25) is 0 Å². The fraction of sp³-hybridized carbons (Fsp3) is 0.619. The van der Waals surface area contributed by atoms with E-state index in [0.717, 1.165) is 17.8 Å². The quantitative estimate of drug-likeness (QED) is 0.852. The molecule has 2 amide bonds. The fourth-order valence-corrected chi connectivity index (χ4v) is 4.25. The standard InChI is InChI=1S/C21H31N3O2/c1-3-20(25)24-18-12-8-7-9-16(18)15-19(24)21(26)22-13-14-23(2)17-10-5-4-6-11-17/h7-9,12,17,19H,3-6,10-11,13-15H2,1-2H3,(H,22,26). The minimum absolute atomic E-state index is 0.00873. The molecule has 142 valence electrons. The number of nitrogens with one attached hydrogen (secondary N) is 1. The molecule has 0 radical (unpaired) electrons. The number of rotatable bonds is 6. The molecule has 1 unspecified atom stereocenters. The number of hydrogen-bond acceptors (Lipinski definition) is 3. The highest BCUT2D eigenvalue weighted by atomic mass is 16.2. The van der Waals surface area contributed by atoms with E-state index in [0.29, 0.717) is 25.4 Å². The maximum absolute atomic E-state index is 12.8. The maximum atomic E-state index is 12.8. The first-order valence-electron chi connectivity index (χ1n) is 9.99. The fourth-order valence-electron chi connectivity index (χ4n) is 4.25. The van der Waals surface area contributed by atoms with Crippen molar-refractivity contribution in [3.05, 3.63) is 29.8 Å². The molecule has 1 fully saturated rings. The van der Waals surface area contributed by atoms with Crippen LogP contribution in [0.3, 0.4) is 0 Å². The van der Waals surface area contributed by atoms with Gasteiger partial charge in [-0.3, -0.25) is 14.5 Å². The minimum atomic E-state index is -0.417. The molecule has 0 saturated heterocycles. The van der Waals surface area contributed by atoms with Gasteiger partial charge >= 0.3 is 0 Å². The number of hydrogen-bond donors (Lipinski definition) is 1. The van der Waals surface area contributed by atoms with Gasteiger partial charge in [-0.25, -0.2) is 0 Å². The van der Waals surface area contributed by atoms with E-state index in [9.17, 15) is 9.59 Å². The molecular weight excluding hydrogens is 326 g/mol. The van der Waals surface area contributed by atoms with Crippen LogP contribution in [0.15, 0.2) is 24.3 Å². The third-order valence-electron chi connectivity index (χ3n) is 5.81. The van der Waals surface area contributed by atoms with Crippen LogP contribution < -0.4 is 10.2 Å². The Kier molecular flexibility index (Phi) is 6.30. The van der Waals surface area contributed by atoms with Gasteiger partial charge in [-0.2, -0.15) is 0 Å². The molecule has 1 aromatic rings. The van der Waals surface area contributed by atoms with Crippen molar-refractivity contribution in [3.63, 3.8) is 0 Å². The van der Waals surface area contributed by atoms with Crippen LogP contribution >= 0.6 is 0 Å². The lowest BCUT2D eigenvalue weighted by atomic mass is 9.94. The summed E-state index contributed by atoms with van der Waals surface area (Å²) in [5.74, 6) is -0.0329. The Morgan fingerprint density at radius 3 is 2.65 bits per heavy atom. The number of benzene rings is 1. The zero-order valence-electron chi connectivity index (χ0n) is 16.0. The number of anilines is 1. The molecule has 5 nitrogen and oxygen atoms in total. The van der Waals surface area contributed by atoms with Crippen LogP contribution in [0, 0.1) is 0 Å². The second kappa shape index (κ2) is 8.67. The van der Waals surface area contributed by atoms with Crippen LogP contribution in [0.1, 0.15) is 51.0 Å². The van der Waals surface area contributed by atoms with Crippen molar-refractivity contribution in [1.82, 2.24) is 10.2 Å². The first-order valence-corrected chi connectivity index (χ1v) is 9.99. The Morgan fingerprint density at radius 1 is 1.19 bits per heavy atom. The molecule has 0 spiro atoms. The average molecular weight is 357 g/mol. The van der Waals surface area contributed by atoms with Gasteiger partial charge in [0.1, 0.15) is 6.04 Å². The highest BCUT2D eigenvalue weighted by Gasteiger charge is 2.37. The summed E-state index contributed by atoms with van der Waals surface area (Å²) in [6.45, 7) is 3.34. The SMILES string of the molecule is CCC(=O)N1c2ccccc2CC1C(=O)NCCN(C)C1CCCCC1. The summed E-state index contributed by atoms with van der Waals surface area (Å²) in [4.78, 5) is 29.3. The van der Waals surface area contributed by atoms with Gasteiger partial charge in [-0.15, -0.1) is 0 Å². The number of nitrogens with zero attached hydrogens (tertiary/aromatic N) is 2. The Balaban J connectivity index is 1.56. The number of para-hydroxylation sites is 1. The Bertz CT molecular complexity index is 640. The molecule has 2 aliphatic rings. The van der Waals surface area contributed by atoms with Crippen LogP contribution in [0.5, 0.6) is 0 Å². The van der Waals surface area contributed by atoms with Crippen molar-refractivity contribution in [2.75, 3.05) is 25.0 Å². The number of fused-ring (bicyclic) bond motifs is 1. The molecule has 1 atom stereocenters. The van der Waals surface area contributed by atoms with Crippen LogP contribution in [0.25, 0.3) is 0 Å². The van der Waals surface area contributed by atoms with Crippen molar-refractivity contribution in [2.24, 2.45) is 0 Å². The Labute approximate surface area is 156 Å². The molecule has 1 aliphatic carbocycles. The number of amides is 2. The predicted octanol–water partition coefficient (Wildman–Crippen LogP) is 2.74. The van der Waals surface area contributed by atoms with Crippen LogP contribution in [0.4, 0.5) is 5.69 Å². The molecule has 1 saturated carbocycles. The van der Waals surface area contributed by atoms with E-state index < -0.39 is 6.04 Å². The molecule has 0 bridgehead atoms. The van der Waals surface area contributed by atoms with Crippen molar-refractivity contribution in [1.29, 1.82) is 0 Å². The maximum Gasteiger partial charge on any atom is 0.243 e. The van der Waals surface area contributed by atoms with Crippen molar-refractivity contribution in [2.45, 2.75) is 64.0 Å². The minimum Gasteiger partial charge on any atom is -0.353 e. The molecule has 1 heterocycles. The molecule has 5 heteroatoms. The van der Waals surface area contributed by atoms with Gasteiger partial charge in [0.05, 0.1) is 0 Å². The highest BCUT2D eigenvalue weighted by molar-refractivity contribution is 6.03. The van der Waals surface area contributed by atoms with Crippen molar-refractivity contribution >= 4 is 17.5 Å².